The van der Waals surface area contributed by atoms with Crippen LogP contribution in [0.2, 0.25) is 0 Å². The Balaban J connectivity index is 1.95. The van der Waals surface area contributed by atoms with Crippen molar-refractivity contribution < 1.29 is 9.59 Å². The number of hydrogen-bond acceptors (Lipinski definition) is 4. The normalized spacial score (nSPS) is 20.2. The monoisotopic (exact) mass is 403 g/mol. The Morgan fingerprint density at radius 2 is 2.00 bits per heavy atom. The molecule has 4 rings (SSSR count). The van der Waals surface area contributed by atoms with Crippen LogP contribution in [0.15, 0.2) is 60.1 Å². The van der Waals surface area contributed by atoms with Gasteiger partial charge in [-0.1, -0.05) is 45.4 Å². The molecule has 1 aromatic carbocycles. The third-order valence-electron chi connectivity index (χ3n) is 5.91. The number of carbonyl (C=O) groups excluding carboxylic acids is 2. The van der Waals surface area contributed by atoms with E-state index in [0.29, 0.717) is 18.4 Å². The van der Waals surface area contributed by atoms with E-state index in [0.717, 1.165) is 41.9 Å². The number of unbranched alkanes of at least 4 members (excludes halogenated alkanes) is 1. The minimum atomic E-state index is -0.474. The lowest BCUT2D eigenvalue weighted by atomic mass is 9.73. The fourth-order valence-corrected chi connectivity index (χ4v) is 4.56. The van der Waals surface area contributed by atoms with Crippen LogP contribution in [-0.4, -0.2) is 16.7 Å². The molecule has 0 fully saturated rings. The Labute approximate surface area is 178 Å². The maximum absolute atomic E-state index is 13.5. The molecule has 0 radical (unpaired) electrons. The summed E-state index contributed by atoms with van der Waals surface area (Å²) >= 11 is 0. The number of para-hydroxylation sites is 2. The molecule has 0 bridgehead atoms. The quantitative estimate of drug-likeness (QED) is 0.741. The van der Waals surface area contributed by atoms with E-state index < -0.39 is 6.04 Å². The van der Waals surface area contributed by atoms with Gasteiger partial charge in [0.25, 0.3) is 0 Å². The average Bonchev–Trinajstić information content (AvgIpc) is 2.86. The predicted molar refractivity (Wildman–Crippen MR) is 119 cm³/mol. The van der Waals surface area contributed by atoms with E-state index in [-0.39, 0.29) is 17.1 Å². The first-order chi connectivity index (χ1) is 14.4. The number of fused-ring (bicyclic) bond motifs is 1. The molecule has 1 amide bonds. The SMILES string of the molecule is CCCCC(=O)N1c2ccccc2NC2=C(C(=O)CC(C)(C)C2)[C@@H]1c1cccnc1. The molecular formula is C25H29N3O2. The van der Waals surface area contributed by atoms with Crippen molar-refractivity contribution in [2.24, 2.45) is 5.41 Å². The highest BCUT2D eigenvalue weighted by Crippen LogP contribution is 2.48. The number of nitrogens with zero attached hydrogens (tertiary/aromatic N) is 2. The molecular weight excluding hydrogens is 374 g/mol. The van der Waals surface area contributed by atoms with Crippen LogP contribution >= 0.6 is 0 Å². The maximum atomic E-state index is 13.5. The molecule has 2 aromatic rings. The maximum Gasteiger partial charge on any atom is 0.227 e. The van der Waals surface area contributed by atoms with Gasteiger partial charge in [-0.15, -0.1) is 0 Å². The molecule has 1 aliphatic heterocycles. The van der Waals surface area contributed by atoms with E-state index >= 15 is 0 Å². The standard InChI is InChI=1S/C25H29N3O2/c1-4-5-12-22(30)28-20-11-7-6-10-18(20)27-19-14-25(2,3)15-21(29)23(19)24(28)17-9-8-13-26-16-17/h6-11,13,16,24,27H,4-5,12,14-15H2,1-3H3/t24-/m0/s1. The second-order valence-electron chi connectivity index (χ2n) is 9.03. The third kappa shape index (κ3) is 3.76. The van der Waals surface area contributed by atoms with Crippen molar-refractivity contribution >= 4 is 23.1 Å². The van der Waals surface area contributed by atoms with Crippen LogP contribution in [-0.2, 0) is 9.59 Å². The topological polar surface area (TPSA) is 62.3 Å². The Bertz CT molecular complexity index is 994. The third-order valence-corrected chi connectivity index (χ3v) is 5.91. The summed E-state index contributed by atoms with van der Waals surface area (Å²) in [6.07, 6.45) is 6.93. The molecule has 2 heterocycles. The molecule has 0 spiro atoms. The first-order valence-corrected chi connectivity index (χ1v) is 10.8. The van der Waals surface area contributed by atoms with Crippen LogP contribution in [0.25, 0.3) is 0 Å². The summed E-state index contributed by atoms with van der Waals surface area (Å²) < 4.78 is 0. The Morgan fingerprint density at radius 1 is 1.20 bits per heavy atom. The van der Waals surface area contributed by atoms with E-state index in [1.165, 1.54) is 0 Å². The van der Waals surface area contributed by atoms with Gasteiger partial charge in [-0.25, -0.2) is 0 Å². The highest BCUT2D eigenvalue weighted by atomic mass is 16.2. The van der Waals surface area contributed by atoms with E-state index in [4.69, 9.17) is 0 Å². The van der Waals surface area contributed by atoms with Gasteiger partial charge in [0.2, 0.25) is 5.91 Å². The van der Waals surface area contributed by atoms with Crippen LogP contribution in [0.4, 0.5) is 11.4 Å². The minimum Gasteiger partial charge on any atom is -0.357 e. The lowest BCUT2D eigenvalue weighted by Gasteiger charge is -2.37. The van der Waals surface area contributed by atoms with Crippen molar-refractivity contribution in [2.45, 2.75) is 58.9 Å². The van der Waals surface area contributed by atoms with E-state index in [1.807, 2.05) is 41.3 Å². The lowest BCUT2D eigenvalue weighted by molar-refractivity contribution is -0.119. The van der Waals surface area contributed by atoms with E-state index in [2.05, 4.69) is 31.1 Å². The summed E-state index contributed by atoms with van der Waals surface area (Å²) in [5.41, 5.74) is 4.03. The van der Waals surface area contributed by atoms with E-state index in [9.17, 15) is 9.59 Å². The summed E-state index contributed by atoms with van der Waals surface area (Å²) in [7, 11) is 0. The number of amides is 1. The Kier molecular flexibility index (Phi) is 5.46. The minimum absolute atomic E-state index is 0.0336. The highest BCUT2D eigenvalue weighted by Gasteiger charge is 2.43. The Morgan fingerprint density at radius 3 is 2.73 bits per heavy atom. The molecule has 0 saturated heterocycles. The van der Waals surface area contributed by atoms with Gasteiger partial charge in [0.15, 0.2) is 5.78 Å². The molecule has 1 atom stereocenters. The van der Waals surface area contributed by atoms with Crippen molar-refractivity contribution in [1.82, 2.24) is 4.98 Å². The summed E-state index contributed by atoms with van der Waals surface area (Å²) in [6.45, 7) is 6.32. The van der Waals surface area contributed by atoms with Gasteiger partial charge >= 0.3 is 0 Å². The summed E-state index contributed by atoms with van der Waals surface area (Å²) in [5.74, 6) is 0.134. The molecule has 0 saturated carbocycles. The second kappa shape index (κ2) is 8.05. The molecule has 2 aliphatic rings. The number of pyridine rings is 1. The molecule has 1 aliphatic carbocycles. The van der Waals surface area contributed by atoms with Crippen molar-refractivity contribution in [3.05, 3.63) is 65.6 Å². The Hall–Kier alpha value is -2.95. The summed E-state index contributed by atoms with van der Waals surface area (Å²) in [4.78, 5) is 33.1. The predicted octanol–water partition coefficient (Wildman–Crippen LogP) is 5.41. The van der Waals surface area contributed by atoms with Gasteiger partial charge in [-0.3, -0.25) is 19.5 Å². The number of hydrogen-bond donors (Lipinski definition) is 1. The van der Waals surface area contributed by atoms with E-state index in [1.54, 1.807) is 12.4 Å². The average molecular weight is 404 g/mol. The number of aromatic nitrogens is 1. The number of benzene rings is 1. The molecule has 1 aromatic heterocycles. The number of allylic oxidation sites excluding steroid dienone is 1. The van der Waals surface area contributed by atoms with Crippen LogP contribution < -0.4 is 10.2 Å². The molecule has 30 heavy (non-hydrogen) atoms. The number of nitrogens with one attached hydrogen (secondary N) is 1. The van der Waals surface area contributed by atoms with Gasteiger partial charge in [-0.2, -0.15) is 0 Å². The largest absolute Gasteiger partial charge is 0.357 e. The van der Waals surface area contributed by atoms with Crippen molar-refractivity contribution in [3.8, 4) is 0 Å². The molecule has 0 unspecified atom stereocenters. The fourth-order valence-electron chi connectivity index (χ4n) is 4.56. The van der Waals surface area contributed by atoms with Crippen LogP contribution in [0, 0.1) is 5.41 Å². The number of ketones is 1. The smallest absolute Gasteiger partial charge is 0.227 e. The zero-order valence-electron chi connectivity index (χ0n) is 17.9. The first-order valence-electron chi connectivity index (χ1n) is 10.8. The van der Waals surface area contributed by atoms with Crippen LogP contribution in [0.3, 0.4) is 0 Å². The molecule has 5 heteroatoms. The van der Waals surface area contributed by atoms with Crippen molar-refractivity contribution in [1.29, 1.82) is 0 Å². The van der Waals surface area contributed by atoms with Crippen LogP contribution in [0.1, 0.15) is 64.5 Å². The van der Waals surface area contributed by atoms with Gasteiger partial charge < -0.3 is 5.32 Å². The zero-order chi connectivity index (χ0) is 21.3. The summed E-state index contributed by atoms with van der Waals surface area (Å²) in [6, 6.07) is 11.2. The number of carbonyl (C=O) groups is 2. The lowest BCUT2D eigenvalue weighted by Crippen LogP contribution is -2.39. The second-order valence-corrected chi connectivity index (χ2v) is 9.03. The molecule has 5 nitrogen and oxygen atoms in total. The van der Waals surface area contributed by atoms with Crippen LogP contribution in [0.5, 0.6) is 0 Å². The molecule has 1 N–H and O–H groups in total. The fraction of sp³-hybridized carbons (Fsp3) is 0.400. The van der Waals surface area contributed by atoms with Gasteiger partial charge in [-0.05, 0) is 42.0 Å². The first kappa shape index (κ1) is 20.3. The van der Waals surface area contributed by atoms with Gasteiger partial charge in [0.05, 0.1) is 17.4 Å². The van der Waals surface area contributed by atoms with Gasteiger partial charge in [0, 0.05) is 36.5 Å². The van der Waals surface area contributed by atoms with Crippen molar-refractivity contribution in [2.75, 3.05) is 10.2 Å². The van der Waals surface area contributed by atoms with Crippen molar-refractivity contribution in [3.63, 3.8) is 0 Å². The molecule has 156 valence electrons. The summed E-state index contributed by atoms with van der Waals surface area (Å²) in [5, 5.41) is 3.53. The number of Topliss-reactive ketones (excluding diaryl/α,β-unsaturated/α-hetero) is 1. The number of anilines is 2. The zero-order valence-corrected chi connectivity index (χ0v) is 17.9. The van der Waals surface area contributed by atoms with Gasteiger partial charge in [0.1, 0.15) is 0 Å². The number of rotatable bonds is 4. The highest BCUT2D eigenvalue weighted by molar-refractivity contribution is 6.06.